The number of carbonyl (C=O) groups excluding carboxylic acids is 2. The van der Waals surface area contributed by atoms with E-state index in [4.69, 9.17) is 0 Å². The van der Waals surface area contributed by atoms with Gasteiger partial charge in [0.1, 0.15) is 0 Å². The molecule has 0 aliphatic rings. The van der Waals surface area contributed by atoms with E-state index in [1.54, 1.807) is 24.3 Å². The van der Waals surface area contributed by atoms with Gasteiger partial charge in [0.05, 0.1) is 0 Å². The Hall–Kier alpha value is -2.62. The zero-order chi connectivity index (χ0) is 18.4. The Labute approximate surface area is 149 Å². The molecule has 4 nitrogen and oxygen atoms in total. The van der Waals surface area contributed by atoms with E-state index in [0.717, 1.165) is 23.2 Å². The molecule has 0 saturated heterocycles. The lowest BCUT2D eigenvalue weighted by Crippen LogP contribution is -2.25. The van der Waals surface area contributed by atoms with Gasteiger partial charge in [-0.2, -0.15) is 0 Å². The van der Waals surface area contributed by atoms with E-state index in [2.05, 4.69) is 30.5 Å². The third-order valence-corrected chi connectivity index (χ3v) is 3.90. The molecule has 0 atom stereocenters. The number of aryl methyl sites for hydroxylation is 2. The van der Waals surface area contributed by atoms with Crippen molar-refractivity contribution in [3.63, 3.8) is 0 Å². The highest BCUT2D eigenvalue weighted by Gasteiger charge is 2.09. The highest BCUT2D eigenvalue weighted by atomic mass is 16.2. The molecule has 0 unspecified atom stereocenters. The fraction of sp³-hybridized carbons (Fsp3) is 0.333. The predicted molar refractivity (Wildman–Crippen MR) is 102 cm³/mol. The van der Waals surface area contributed by atoms with E-state index >= 15 is 0 Å². The molecule has 0 bridgehead atoms. The Morgan fingerprint density at radius 2 is 1.40 bits per heavy atom. The molecule has 2 amide bonds. The molecule has 2 aromatic carbocycles. The van der Waals surface area contributed by atoms with Crippen molar-refractivity contribution in [2.45, 2.75) is 34.1 Å². The topological polar surface area (TPSA) is 58.2 Å². The molecule has 0 heterocycles. The Morgan fingerprint density at radius 1 is 0.880 bits per heavy atom. The number of anilines is 1. The normalized spacial score (nSPS) is 10.6. The number of rotatable bonds is 6. The van der Waals surface area contributed by atoms with E-state index in [-0.39, 0.29) is 11.8 Å². The van der Waals surface area contributed by atoms with Gasteiger partial charge in [-0.05, 0) is 73.7 Å². The van der Waals surface area contributed by atoms with E-state index < -0.39 is 0 Å². The van der Waals surface area contributed by atoms with Crippen LogP contribution in [0.5, 0.6) is 0 Å². The van der Waals surface area contributed by atoms with Gasteiger partial charge in [0.25, 0.3) is 11.8 Å². The van der Waals surface area contributed by atoms with Gasteiger partial charge in [0.2, 0.25) is 0 Å². The fourth-order valence-corrected chi connectivity index (χ4v) is 2.60. The summed E-state index contributed by atoms with van der Waals surface area (Å²) in [4.78, 5) is 24.4. The van der Waals surface area contributed by atoms with E-state index in [1.807, 2.05) is 26.0 Å². The lowest BCUT2D eigenvalue weighted by atomic mass is 10.1. The summed E-state index contributed by atoms with van der Waals surface area (Å²) in [5, 5.41) is 5.79. The molecule has 4 heteroatoms. The zero-order valence-corrected chi connectivity index (χ0v) is 15.3. The number of hydrogen-bond acceptors (Lipinski definition) is 2. The van der Waals surface area contributed by atoms with Crippen LogP contribution in [0.15, 0.2) is 42.5 Å². The second-order valence-electron chi connectivity index (χ2n) is 6.85. The van der Waals surface area contributed by atoms with Gasteiger partial charge in [-0.1, -0.05) is 19.9 Å². The van der Waals surface area contributed by atoms with Crippen molar-refractivity contribution >= 4 is 17.5 Å². The summed E-state index contributed by atoms with van der Waals surface area (Å²) in [6.45, 7) is 8.89. The van der Waals surface area contributed by atoms with Crippen molar-refractivity contribution in [3.8, 4) is 0 Å². The largest absolute Gasteiger partial charge is 0.352 e. The highest BCUT2D eigenvalue weighted by molar-refractivity contribution is 6.05. The molecule has 0 spiro atoms. The quantitative estimate of drug-likeness (QED) is 0.823. The highest BCUT2D eigenvalue weighted by Crippen LogP contribution is 2.15. The molecule has 0 saturated carbocycles. The van der Waals surface area contributed by atoms with Gasteiger partial charge in [-0.25, -0.2) is 0 Å². The monoisotopic (exact) mass is 338 g/mol. The van der Waals surface area contributed by atoms with Crippen LogP contribution < -0.4 is 10.6 Å². The SMILES string of the molecule is Cc1cc(C)cc(NC(=O)c2ccc(C(=O)NCCC(C)C)cc2)c1. The smallest absolute Gasteiger partial charge is 0.255 e. The molecule has 0 aliphatic carbocycles. The first-order chi connectivity index (χ1) is 11.8. The molecule has 2 aromatic rings. The lowest BCUT2D eigenvalue weighted by molar-refractivity contribution is 0.0950. The minimum Gasteiger partial charge on any atom is -0.352 e. The van der Waals surface area contributed by atoms with Crippen molar-refractivity contribution in [2.75, 3.05) is 11.9 Å². The number of hydrogen-bond donors (Lipinski definition) is 2. The summed E-state index contributed by atoms with van der Waals surface area (Å²) in [6, 6.07) is 12.6. The van der Waals surface area contributed by atoms with Crippen molar-refractivity contribution in [1.29, 1.82) is 0 Å². The first-order valence-corrected chi connectivity index (χ1v) is 8.63. The van der Waals surface area contributed by atoms with Crippen molar-refractivity contribution < 1.29 is 9.59 Å². The lowest BCUT2D eigenvalue weighted by Gasteiger charge is -2.09. The molecule has 0 aromatic heterocycles. The molecular formula is C21H26N2O2. The Bertz CT molecular complexity index is 729. The second kappa shape index (κ2) is 8.47. The molecule has 0 fully saturated rings. The van der Waals surface area contributed by atoms with Crippen molar-refractivity contribution in [1.82, 2.24) is 5.32 Å². The third-order valence-electron chi connectivity index (χ3n) is 3.90. The van der Waals surface area contributed by atoms with Crippen LogP contribution in [-0.4, -0.2) is 18.4 Å². The van der Waals surface area contributed by atoms with E-state index in [1.165, 1.54) is 0 Å². The summed E-state index contributed by atoms with van der Waals surface area (Å²) < 4.78 is 0. The number of nitrogens with one attached hydrogen (secondary N) is 2. The van der Waals surface area contributed by atoms with Gasteiger partial charge >= 0.3 is 0 Å². The van der Waals surface area contributed by atoms with E-state index in [9.17, 15) is 9.59 Å². The summed E-state index contributed by atoms with van der Waals surface area (Å²) in [5.41, 5.74) is 4.06. The van der Waals surface area contributed by atoms with Crippen LogP contribution in [0, 0.1) is 19.8 Å². The fourth-order valence-electron chi connectivity index (χ4n) is 2.60. The van der Waals surface area contributed by atoms with Gasteiger partial charge < -0.3 is 10.6 Å². The maximum atomic E-state index is 12.4. The average Bonchev–Trinajstić information content (AvgIpc) is 2.53. The number of benzene rings is 2. The Kier molecular flexibility index (Phi) is 6.34. The van der Waals surface area contributed by atoms with Crippen LogP contribution in [0.25, 0.3) is 0 Å². The van der Waals surface area contributed by atoms with Crippen LogP contribution in [0.2, 0.25) is 0 Å². The zero-order valence-electron chi connectivity index (χ0n) is 15.3. The standard InChI is InChI=1S/C21H26N2O2/c1-14(2)9-10-22-20(24)17-5-7-18(8-6-17)21(25)23-19-12-15(3)11-16(4)13-19/h5-8,11-14H,9-10H2,1-4H3,(H,22,24)(H,23,25). The molecule has 0 aliphatic heterocycles. The first kappa shape index (κ1) is 18.7. The summed E-state index contributed by atoms with van der Waals surface area (Å²) in [6.07, 6.45) is 0.947. The minimum absolute atomic E-state index is 0.109. The van der Waals surface area contributed by atoms with Crippen LogP contribution in [0.3, 0.4) is 0 Å². The number of carbonyl (C=O) groups is 2. The Morgan fingerprint density at radius 3 is 1.92 bits per heavy atom. The van der Waals surface area contributed by atoms with Crippen LogP contribution in [0.4, 0.5) is 5.69 Å². The minimum atomic E-state index is -0.184. The van der Waals surface area contributed by atoms with Gasteiger partial charge in [-0.15, -0.1) is 0 Å². The van der Waals surface area contributed by atoms with Crippen LogP contribution in [-0.2, 0) is 0 Å². The molecule has 2 N–H and O–H groups in total. The summed E-state index contributed by atoms with van der Waals surface area (Å²) >= 11 is 0. The maximum Gasteiger partial charge on any atom is 0.255 e. The molecule has 132 valence electrons. The van der Waals surface area contributed by atoms with Gasteiger partial charge in [0.15, 0.2) is 0 Å². The third kappa shape index (κ3) is 5.75. The molecule has 0 radical (unpaired) electrons. The van der Waals surface area contributed by atoms with Gasteiger partial charge in [0, 0.05) is 23.4 Å². The molecule has 2 rings (SSSR count). The summed E-state index contributed by atoms with van der Waals surface area (Å²) in [7, 11) is 0. The van der Waals surface area contributed by atoms with Crippen LogP contribution in [0.1, 0.15) is 52.1 Å². The molecular weight excluding hydrogens is 312 g/mol. The van der Waals surface area contributed by atoms with Crippen molar-refractivity contribution in [2.24, 2.45) is 5.92 Å². The van der Waals surface area contributed by atoms with Gasteiger partial charge in [-0.3, -0.25) is 9.59 Å². The van der Waals surface area contributed by atoms with Crippen molar-refractivity contribution in [3.05, 3.63) is 64.7 Å². The maximum absolute atomic E-state index is 12.4. The Balaban J connectivity index is 1.98. The molecule has 25 heavy (non-hydrogen) atoms. The van der Waals surface area contributed by atoms with E-state index in [0.29, 0.717) is 23.6 Å². The second-order valence-corrected chi connectivity index (χ2v) is 6.85. The average molecular weight is 338 g/mol. The predicted octanol–water partition coefficient (Wildman–Crippen LogP) is 4.33. The van der Waals surface area contributed by atoms with Crippen LogP contribution >= 0.6 is 0 Å². The number of amides is 2. The first-order valence-electron chi connectivity index (χ1n) is 8.63. The summed E-state index contributed by atoms with van der Waals surface area (Å²) in [5.74, 6) is 0.260.